The van der Waals surface area contributed by atoms with Crippen LogP contribution in [-0.4, -0.2) is 32.4 Å². The quantitative estimate of drug-likeness (QED) is 0.747. The van der Waals surface area contributed by atoms with Gasteiger partial charge in [-0.25, -0.2) is 8.42 Å². The van der Waals surface area contributed by atoms with Gasteiger partial charge in [0.1, 0.15) is 9.96 Å². The van der Waals surface area contributed by atoms with Crippen LogP contribution in [0, 0.1) is 5.41 Å². The van der Waals surface area contributed by atoms with Crippen LogP contribution in [0.25, 0.3) is 0 Å². The lowest BCUT2D eigenvalue weighted by molar-refractivity contribution is -0.274. The van der Waals surface area contributed by atoms with Gasteiger partial charge in [-0.05, 0) is 49.2 Å². The Balaban J connectivity index is 1.76. The van der Waals surface area contributed by atoms with Crippen LogP contribution in [0.15, 0.2) is 45.5 Å². The zero-order valence-corrected chi connectivity index (χ0v) is 15.2. The average molecular weight is 421 g/mol. The standard InChI is InChI=1S/C16H14F3NO5S2/c17-16(18,19)25-10-1-3-11(4-2-10)27(23,24)13-6-5-12(26-13)20-14(22)15(9-21)7-8-15/h1-6,21H,7-9H2,(H,20,22). The van der Waals surface area contributed by atoms with Crippen LogP contribution < -0.4 is 10.1 Å². The summed E-state index contributed by atoms with van der Waals surface area (Å²) in [7, 11) is -3.96. The minimum Gasteiger partial charge on any atom is -0.406 e. The molecule has 1 aliphatic carbocycles. The van der Waals surface area contributed by atoms with Crippen molar-refractivity contribution in [3.05, 3.63) is 36.4 Å². The number of alkyl halides is 3. The SMILES string of the molecule is O=C(Nc1ccc(S(=O)(=O)c2ccc(OC(F)(F)F)cc2)s1)C1(CO)CC1. The number of aliphatic hydroxyl groups excluding tert-OH is 1. The third-order valence-corrected chi connectivity index (χ3v) is 7.35. The topological polar surface area (TPSA) is 92.7 Å². The van der Waals surface area contributed by atoms with E-state index in [1.807, 2.05) is 0 Å². The number of benzene rings is 1. The van der Waals surface area contributed by atoms with Gasteiger partial charge in [0.15, 0.2) is 0 Å². The smallest absolute Gasteiger partial charge is 0.406 e. The first-order chi connectivity index (χ1) is 12.6. The number of anilines is 1. The second-order valence-corrected chi connectivity index (χ2v) is 9.29. The number of carbonyl (C=O) groups is 1. The molecule has 1 aromatic carbocycles. The highest BCUT2D eigenvalue weighted by atomic mass is 32.2. The molecule has 2 N–H and O–H groups in total. The molecule has 3 rings (SSSR count). The molecule has 0 spiro atoms. The molecule has 11 heteroatoms. The van der Waals surface area contributed by atoms with Gasteiger partial charge < -0.3 is 15.2 Å². The van der Waals surface area contributed by atoms with Crippen molar-refractivity contribution in [3.63, 3.8) is 0 Å². The van der Waals surface area contributed by atoms with E-state index in [4.69, 9.17) is 0 Å². The van der Waals surface area contributed by atoms with Gasteiger partial charge in [-0.3, -0.25) is 4.79 Å². The van der Waals surface area contributed by atoms with Gasteiger partial charge in [0.05, 0.1) is 21.9 Å². The summed E-state index contributed by atoms with van der Waals surface area (Å²) in [6, 6.07) is 6.57. The number of rotatable bonds is 6. The number of hydrogen-bond acceptors (Lipinski definition) is 6. The maximum absolute atomic E-state index is 12.6. The second kappa shape index (κ2) is 6.80. The van der Waals surface area contributed by atoms with E-state index in [1.54, 1.807) is 0 Å². The fourth-order valence-electron chi connectivity index (χ4n) is 2.32. The Hall–Kier alpha value is -2.11. The minimum absolute atomic E-state index is 0.0730. The maximum atomic E-state index is 12.6. The van der Waals surface area contributed by atoms with Gasteiger partial charge in [0.25, 0.3) is 0 Å². The fraction of sp³-hybridized carbons (Fsp3) is 0.312. The van der Waals surface area contributed by atoms with E-state index < -0.39 is 27.4 Å². The Kier molecular flexibility index (Phi) is 4.95. The first-order valence-corrected chi connectivity index (χ1v) is 9.99. The predicted molar refractivity (Wildman–Crippen MR) is 90.3 cm³/mol. The monoisotopic (exact) mass is 421 g/mol. The first-order valence-electron chi connectivity index (χ1n) is 7.69. The molecule has 27 heavy (non-hydrogen) atoms. The van der Waals surface area contributed by atoms with Gasteiger partial charge in [-0.1, -0.05) is 0 Å². The highest BCUT2D eigenvalue weighted by molar-refractivity contribution is 7.93. The van der Waals surface area contributed by atoms with E-state index in [0.717, 1.165) is 35.6 Å². The Morgan fingerprint density at radius 1 is 1.19 bits per heavy atom. The lowest BCUT2D eigenvalue weighted by Crippen LogP contribution is -2.26. The van der Waals surface area contributed by atoms with E-state index in [9.17, 15) is 31.5 Å². The summed E-state index contributed by atoms with van der Waals surface area (Å²) in [6.07, 6.45) is -3.73. The second-order valence-electron chi connectivity index (χ2n) is 6.03. The lowest BCUT2D eigenvalue weighted by atomic mass is 10.1. The molecule has 0 aliphatic heterocycles. The van der Waals surface area contributed by atoms with Gasteiger partial charge in [-0.2, -0.15) is 0 Å². The number of nitrogens with one attached hydrogen (secondary N) is 1. The van der Waals surface area contributed by atoms with E-state index in [1.165, 1.54) is 12.1 Å². The molecule has 1 aromatic heterocycles. The summed E-state index contributed by atoms with van der Waals surface area (Å²) in [4.78, 5) is 11.9. The van der Waals surface area contributed by atoms with Gasteiger partial charge in [0.2, 0.25) is 15.7 Å². The molecule has 6 nitrogen and oxygen atoms in total. The van der Waals surface area contributed by atoms with Crippen LogP contribution in [0.2, 0.25) is 0 Å². The highest BCUT2D eigenvalue weighted by Crippen LogP contribution is 2.46. The summed E-state index contributed by atoms with van der Waals surface area (Å²) < 4.78 is 65.3. The number of thiophene rings is 1. The molecular weight excluding hydrogens is 407 g/mol. The van der Waals surface area contributed by atoms with Gasteiger partial charge in [-0.15, -0.1) is 24.5 Å². The Labute approximate surface area is 156 Å². The van der Waals surface area contributed by atoms with E-state index >= 15 is 0 Å². The van der Waals surface area contributed by atoms with Crippen LogP contribution in [0.5, 0.6) is 5.75 Å². The minimum atomic E-state index is -4.87. The van der Waals surface area contributed by atoms with Crippen molar-refractivity contribution in [1.82, 2.24) is 0 Å². The number of ether oxygens (including phenoxy) is 1. The number of halogens is 3. The number of hydrogen-bond donors (Lipinski definition) is 2. The molecule has 1 fully saturated rings. The number of sulfone groups is 1. The van der Waals surface area contributed by atoms with Crippen LogP contribution >= 0.6 is 11.3 Å². The zero-order chi connectivity index (χ0) is 19.9. The largest absolute Gasteiger partial charge is 0.573 e. The van der Waals surface area contributed by atoms with Crippen molar-refractivity contribution in [3.8, 4) is 5.75 Å². The van der Waals surface area contributed by atoms with Crippen LogP contribution in [0.1, 0.15) is 12.8 Å². The summed E-state index contributed by atoms with van der Waals surface area (Å²) in [5.74, 6) is -0.899. The van der Waals surface area contributed by atoms with Crippen LogP contribution in [-0.2, 0) is 14.6 Å². The molecule has 1 saturated carbocycles. The molecule has 0 bridgehead atoms. The Morgan fingerprint density at radius 2 is 1.81 bits per heavy atom. The van der Waals surface area contributed by atoms with Crippen molar-refractivity contribution in [2.24, 2.45) is 5.41 Å². The Bertz CT molecular complexity index is 947. The van der Waals surface area contributed by atoms with Gasteiger partial charge in [0, 0.05) is 0 Å². The molecule has 2 aromatic rings. The summed E-state index contributed by atoms with van der Waals surface area (Å²) in [6.45, 7) is -0.276. The molecule has 0 radical (unpaired) electrons. The summed E-state index contributed by atoms with van der Waals surface area (Å²) in [5.41, 5.74) is -0.794. The van der Waals surface area contributed by atoms with E-state index in [2.05, 4.69) is 10.1 Å². The van der Waals surface area contributed by atoms with Crippen molar-refractivity contribution in [2.45, 2.75) is 28.3 Å². The fourth-order valence-corrected chi connectivity index (χ4v) is 4.92. The van der Waals surface area contributed by atoms with Crippen LogP contribution in [0.3, 0.4) is 0 Å². The molecule has 0 saturated heterocycles. The number of aliphatic hydroxyl groups is 1. The average Bonchev–Trinajstić information content (AvgIpc) is 3.25. The van der Waals surface area contributed by atoms with E-state index in [-0.39, 0.29) is 21.6 Å². The molecule has 0 atom stereocenters. The van der Waals surface area contributed by atoms with E-state index in [0.29, 0.717) is 17.8 Å². The van der Waals surface area contributed by atoms with Crippen molar-refractivity contribution in [2.75, 3.05) is 11.9 Å². The Morgan fingerprint density at radius 3 is 2.33 bits per heavy atom. The zero-order valence-electron chi connectivity index (χ0n) is 13.6. The van der Waals surface area contributed by atoms with Crippen molar-refractivity contribution >= 4 is 32.1 Å². The molecule has 1 heterocycles. The van der Waals surface area contributed by atoms with Crippen molar-refractivity contribution < 1.29 is 36.2 Å². The molecule has 1 amide bonds. The molecule has 1 aliphatic rings. The van der Waals surface area contributed by atoms with Crippen LogP contribution in [0.4, 0.5) is 18.2 Å². The molecule has 146 valence electrons. The highest BCUT2D eigenvalue weighted by Gasteiger charge is 2.49. The lowest BCUT2D eigenvalue weighted by Gasteiger charge is -2.10. The predicted octanol–water partition coefficient (Wildman–Crippen LogP) is 3.19. The number of amides is 1. The third kappa shape index (κ3) is 4.25. The normalized spacial score (nSPS) is 16.0. The summed E-state index contributed by atoms with van der Waals surface area (Å²) in [5, 5.41) is 12.1. The third-order valence-electron chi connectivity index (χ3n) is 4.09. The maximum Gasteiger partial charge on any atom is 0.573 e. The summed E-state index contributed by atoms with van der Waals surface area (Å²) >= 11 is 0.819. The first kappa shape index (κ1) is 19.6. The van der Waals surface area contributed by atoms with Gasteiger partial charge >= 0.3 is 6.36 Å². The van der Waals surface area contributed by atoms with Crippen molar-refractivity contribution in [1.29, 1.82) is 0 Å². The number of carbonyl (C=O) groups excluding carboxylic acids is 1. The molecule has 0 unspecified atom stereocenters. The molecular formula is C16H14F3NO5S2.